The predicted octanol–water partition coefficient (Wildman–Crippen LogP) is 16.1. The normalized spacial score (nSPS) is 11.7. The van der Waals surface area contributed by atoms with E-state index in [0.29, 0.717) is 0 Å². The van der Waals surface area contributed by atoms with Crippen LogP contribution in [-0.4, -0.2) is 4.57 Å². The monoisotopic (exact) mass is 747 g/mol. The quantitative estimate of drug-likeness (QED) is 0.155. The Morgan fingerprint density at radius 2 is 0.644 bits per heavy atom. The summed E-state index contributed by atoms with van der Waals surface area (Å²) in [6.07, 6.45) is 0. The molecule has 0 radical (unpaired) electrons. The maximum atomic E-state index is 2.49. The largest absolute Gasteiger partial charge is 0.309 e. The fraction of sp³-hybridized carbons (Fsp3) is 0. The summed E-state index contributed by atoms with van der Waals surface area (Å²) in [6.45, 7) is 0. The van der Waals surface area contributed by atoms with E-state index in [4.69, 9.17) is 0 Å². The van der Waals surface area contributed by atoms with Crippen molar-refractivity contribution in [2.75, 3.05) is 0 Å². The molecule has 12 aromatic rings. The van der Waals surface area contributed by atoms with E-state index in [9.17, 15) is 0 Å². The average molecular weight is 748 g/mol. The third-order valence-electron chi connectivity index (χ3n) is 12.4. The number of nitrogens with zero attached hydrogens (tertiary/aromatic N) is 1. The van der Waals surface area contributed by atoms with Crippen molar-refractivity contribution in [1.82, 2.24) is 4.57 Å². The first-order valence-corrected chi connectivity index (χ1v) is 20.4. The molecule has 0 saturated carbocycles. The Balaban J connectivity index is 1.08. The van der Waals surface area contributed by atoms with Gasteiger partial charge in [0.05, 0.1) is 17.1 Å². The van der Waals surface area contributed by atoms with E-state index in [2.05, 4.69) is 229 Å². The smallest absolute Gasteiger partial charge is 0.0541 e. The van der Waals surface area contributed by atoms with Gasteiger partial charge in [-0.25, -0.2) is 0 Å². The molecule has 0 saturated heterocycles. The molecule has 0 N–H and O–H groups in total. The van der Waals surface area contributed by atoms with Crippen molar-refractivity contribution in [2.24, 2.45) is 0 Å². The number of hydrogen-bond acceptors (Lipinski definition) is 0. The molecule has 0 aliphatic heterocycles. The van der Waals surface area contributed by atoms with Gasteiger partial charge in [-0.3, -0.25) is 0 Å². The molecule has 274 valence electrons. The van der Waals surface area contributed by atoms with E-state index in [1.807, 2.05) is 0 Å². The van der Waals surface area contributed by atoms with Crippen molar-refractivity contribution in [3.63, 3.8) is 0 Å². The van der Waals surface area contributed by atoms with Crippen molar-refractivity contribution in [1.29, 1.82) is 0 Å². The Hall–Kier alpha value is -7.74. The first-order chi connectivity index (χ1) is 29.3. The van der Waals surface area contributed by atoms with E-state index < -0.39 is 0 Å². The lowest BCUT2D eigenvalue weighted by Gasteiger charge is -2.20. The van der Waals surface area contributed by atoms with Gasteiger partial charge in [0.1, 0.15) is 0 Å². The zero-order chi connectivity index (χ0) is 38.9. The van der Waals surface area contributed by atoms with Crippen LogP contribution in [0.5, 0.6) is 0 Å². The van der Waals surface area contributed by atoms with Crippen LogP contribution in [0.2, 0.25) is 0 Å². The minimum absolute atomic E-state index is 1.15. The van der Waals surface area contributed by atoms with Gasteiger partial charge in [0, 0.05) is 10.9 Å². The van der Waals surface area contributed by atoms with Crippen LogP contribution < -0.4 is 0 Å². The topological polar surface area (TPSA) is 4.93 Å². The maximum Gasteiger partial charge on any atom is 0.0541 e. The zero-order valence-corrected chi connectivity index (χ0v) is 32.3. The van der Waals surface area contributed by atoms with Gasteiger partial charge in [0.25, 0.3) is 0 Å². The second kappa shape index (κ2) is 13.4. The summed E-state index contributed by atoms with van der Waals surface area (Å²) in [5.74, 6) is 0. The second-order valence-corrected chi connectivity index (χ2v) is 15.6. The average Bonchev–Trinajstić information content (AvgIpc) is 3.74. The summed E-state index contributed by atoms with van der Waals surface area (Å²) in [6, 6.07) is 82.6. The Kier molecular flexibility index (Phi) is 7.61. The summed E-state index contributed by atoms with van der Waals surface area (Å²) in [7, 11) is 0. The van der Waals surface area contributed by atoms with Crippen LogP contribution in [0.4, 0.5) is 0 Å². The lowest BCUT2D eigenvalue weighted by Crippen LogP contribution is -2.01. The van der Waals surface area contributed by atoms with Gasteiger partial charge < -0.3 is 4.57 Å². The molecular formula is C58H37N. The molecule has 0 fully saturated rings. The molecule has 12 rings (SSSR count). The standard InChI is InChI=1S/C58H37N/c1-6-20-45-38(14-1)19-13-27-55(45)59-54(39-28-30-40(31-29-39)57-46-21-7-2-15-41(46)36-42-16-3-8-22-47(42)57)34-35-56(59)52-32-33-53(51-26-12-11-25-50(51)52)58-48-23-9-4-17-43(48)37-44-18-5-10-24-49(44)58/h1-37H. The fourth-order valence-corrected chi connectivity index (χ4v) is 9.71. The summed E-state index contributed by atoms with van der Waals surface area (Å²) in [4.78, 5) is 0. The van der Waals surface area contributed by atoms with Gasteiger partial charge in [0.15, 0.2) is 0 Å². The molecule has 1 heterocycles. The number of benzene rings is 11. The van der Waals surface area contributed by atoms with Crippen LogP contribution in [0.1, 0.15) is 0 Å². The van der Waals surface area contributed by atoms with E-state index in [-0.39, 0.29) is 0 Å². The highest BCUT2D eigenvalue weighted by Gasteiger charge is 2.20. The highest BCUT2D eigenvalue weighted by Crippen LogP contribution is 2.45. The lowest BCUT2D eigenvalue weighted by molar-refractivity contribution is 1.11. The van der Waals surface area contributed by atoms with Crippen LogP contribution in [-0.2, 0) is 0 Å². The van der Waals surface area contributed by atoms with Gasteiger partial charge in [0.2, 0.25) is 0 Å². The molecule has 0 aliphatic rings. The Bertz CT molecular complexity index is 3490. The van der Waals surface area contributed by atoms with E-state index in [1.165, 1.54) is 98.0 Å². The van der Waals surface area contributed by atoms with Gasteiger partial charge >= 0.3 is 0 Å². The lowest BCUT2D eigenvalue weighted by atomic mass is 9.88. The Morgan fingerprint density at radius 3 is 1.22 bits per heavy atom. The predicted molar refractivity (Wildman–Crippen MR) is 253 cm³/mol. The van der Waals surface area contributed by atoms with Crippen molar-refractivity contribution in [3.05, 3.63) is 224 Å². The molecule has 1 heteroatoms. The zero-order valence-electron chi connectivity index (χ0n) is 32.3. The first-order valence-electron chi connectivity index (χ1n) is 20.4. The number of fused-ring (bicyclic) bond motifs is 6. The summed E-state index contributed by atoms with van der Waals surface area (Å²) in [5.41, 5.74) is 10.9. The molecule has 0 bridgehead atoms. The van der Waals surface area contributed by atoms with Crippen LogP contribution in [0.25, 0.3) is 115 Å². The van der Waals surface area contributed by atoms with Crippen molar-refractivity contribution in [2.45, 2.75) is 0 Å². The second-order valence-electron chi connectivity index (χ2n) is 15.6. The molecular weight excluding hydrogens is 711 g/mol. The third kappa shape index (κ3) is 5.33. The first kappa shape index (κ1) is 33.4. The molecule has 0 amide bonds. The minimum atomic E-state index is 1.15. The molecule has 1 nitrogen and oxygen atoms in total. The molecule has 11 aromatic carbocycles. The highest BCUT2D eigenvalue weighted by atomic mass is 15.0. The summed E-state index contributed by atoms with van der Waals surface area (Å²) >= 11 is 0. The van der Waals surface area contributed by atoms with Crippen LogP contribution >= 0.6 is 0 Å². The molecule has 59 heavy (non-hydrogen) atoms. The molecule has 0 atom stereocenters. The molecule has 0 spiro atoms. The summed E-state index contributed by atoms with van der Waals surface area (Å²) in [5, 5.41) is 15.0. The summed E-state index contributed by atoms with van der Waals surface area (Å²) < 4.78 is 2.49. The van der Waals surface area contributed by atoms with E-state index >= 15 is 0 Å². The number of hydrogen-bond donors (Lipinski definition) is 0. The third-order valence-corrected chi connectivity index (χ3v) is 12.4. The van der Waals surface area contributed by atoms with Crippen molar-refractivity contribution in [3.8, 4) is 50.5 Å². The van der Waals surface area contributed by atoms with Crippen LogP contribution in [0.15, 0.2) is 224 Å². The van der Waals surface area contributed by atoms with Crippen LogP contribution in [0.3, 0.4) is 0 Å². The SMILES string of the molecule is c1ccc2c(-n3c(-c4ccc(-c5c6ccccc6cc6ccccc56)cc4)ccc3-c3ccc(-c4c5ccccc5cc5ccccc45)c4ccccc34)cccc2c1. The van der Waals surface area contributed by atoms with Gasteiger partial charge in [-0.2, -0.15) is 0 Å². The highest BCUT2D eigenvalue weighted by molar-refractivity contribution is 6.18. The Morgan fingerprint density at radius 1 is 0.237 bits per heavy atom. The molecule has 0 aliphatic carbocycles. The Labute approximate surface area is 342 Å². The van der Waals surface area contributed by atoms with Crippen molar-refractivity contribution < 1.29 is 0 Å². The maximum absolute atomic E-state index is 2.49. The molecule has 1 aromatic heterocycles. The number of rotatable bonds is 5. The minimum Gasteiger partial charge on any atom is -0.309 e. The van der Waals surface area contributed by atoms with Gasteiger partial charge in [-0.1, -0.05) is 194 Å². The van der Waals surface area contributed by atoms with Gasteiger partial charge in [-0.05, 0) is 117 Å². The fourth-order valence-electron chi connectivity index (χ4n) is 9.71. The van der Waals surface area contributed by atoms with Gasteiger partial charge in [-0.15, -0.1) is 0 Å². The van der Waals surface area contributed by atoms with Crippen LogP contribution in [0, 0.1) is 0 Å². The van der Waals surface area contributed by atoms with E-state index in [1.54, 1.807) is 0 Å². The molecule has 0 unspecified atom stereocenters. The van der Waals surface area contributed by atoms with Crippen molar-refractivity contribution >= 4 is 64.6 Å². The van der Waals surface area contributed by atoms with E-state index in [0.717, 1.165) is 17.1 Å². The number of aromatic nitrogens is 1.